The smallest absolute Gasteiger partial charge is 0.136 e. The fourth-order valence-electron chi connectivity index (χ4n) is 6.33. The molecule has 0 radical (unpaired) electrons. The first-order chi connectivity index (χ1) is 26.9. The van der Waals surface area contributed by atoms with Gasteiger partial charge in [0.05, 0.1) is 15.1 Å². The summed E-state index contributed by atoms with van der Waals surface area (Å²) in [7, 11) is 0. The first kappa shape index (κ1) is 16.8. The third-order valence-corrected chi connectivity index (χ3v) is 8.26. The molecular formula is C44H28O. The van der Waals surface area contributed by atoms with Gasteiger partial charge in [-0.15, -0.1) is 0 Å². The van der Waals surface area contributed by atoms with E-state index >= 15 is 0 Å². The summed E-state index contributed by atoms with van der Waals surface area (Å²) in [5.41, 5.74) is 4.07. The van der Waals surface area contributed by atoms with Gasteiger partial charge in [0.2, 0.25) is 0 Å². The molecular weight excluding hydrogens is 544 g/mol. The Kier molecular flexibility index (Phi) is 3.87. The van der Waals surface area contributed by atoms with Crippen LogP contribution < -0.4 is 0 Å². The molecule has 0 aliphatic carbocycles. The minimum Gasteiger partial charge on any atom is -0.456 e. The molecule has 0 aliphatic heterocycles. The SMILES string of the molecule is [2H]c1c([2H])c([2H])c(-c2cccc(-c3c4ccccc4c(-c4c(-c5ccccc5)c([2H])c5c(oc6c([2H])c([2H])c([2H])c([2H])c65)c4[2H])c4ccccc34)c2)c([2H])c1[2H]. The molecule has 1 heterocycles. The number of para-hydroxylation sites is 1. The minimum atomic E-state index is -0.466. The maximum Gasteiger partial charge on any atom is 0.136 e. The number of fused-ring (bicyclic) bond motifs is 5. The highest BCUT2D eigenvalue weighted by Crippen LogP contribution is 2.48. The van der Waals surface area contributed by atoms with E-state index in [2.05, 4.69) is 0 Å². The van der Waals surface area contributed by atoms with Crippen molar-refractivity contribution in [3.05, 3.63) is 170 Å². The average molecular weight is 584 g/mol. The number of hydrogen-bond acceptors (Lipinski definition) is 1. The van der Waals surface area contributed by atoms with E-state index in [4.69, 9.17) is 16.8 Å². The van der Waals surface area contributed by atoms with Gasteiger partial charge in [0.15, 0.2) is 0 Å². The van der Waals surface area contributed by atoms with Crippen molar-refractivity contribution in [3.63, 3.8) is 0 Å². The van der Waals surface area contributed by atoms with E-state index < -0.39 is 30.2 Å². The minimum absolute atomic E-state index is 0.0183. The lowest BCUT2D eigenvalue weighted by atomic mass is 9.83. The van der Waals surface area contributed by atoms with Crippen molar-refractivity contribution < 1.29 is 19.5 Å². The van der Waals surface area contributed by atoms with Crippen molar-refractivity contribution in [2.24, 2.45) is 0 Å². The topological polar surface area (TPSA) is 13.1 Å². The van der Waals surface area contributed by atoms with Crippen LogP contribution in [0.2, 0.25) is 0 Å². The Morgan fingerprint density at radius 1 is 0.378 bits per heavy atom. The van der Waals surface area contributed by atoms with Crippen LogP contribution in [0.3, 0.4) is 0 Å². The second-order valence-electron chi connectivity index (χ2n) is 10.8. The molecule has 210 valence electrons. The number of rotatable bonds is 4. The molecule has 0 N–H and O–H groups in total. The molecule has 45 heavy (non-hydrogen) atoms. The molecule has 1 aromatic heterocycles. The Morgan fingerprint density at radius 2 is 0.978 bits per heavy atom. The Balaban J connectivity index is 1.43. The van der Waals surface area contributed by atoms with Crippen LogP contribution in [0, 0.1) is 0 Å². The molecule has 0 fully saturated rings. The molecule has 8 aromatic carbocycles. The van der Waals surface area contributed by atoms with E-state index in [0.717, 1.165) is 32.7 Å². The number of benzene rings is 8. The van der Waals surface area contributed by atoms with Crippen molar-refractivity contribution in [2.45, 2.75) is 0 Å². The van der Waals surface area contributed by atoms with Gasteiger partial charge in [-0.3, -0.25) is 0 Å². The number of hydrogen-bond donors (Lipinski definition) is 0. The fraction of sp³-hybridized carbons (Fsp3) is 0. The van der Waals surface area contributed by atoms with Gasteiger partial charge >= 0.3 is 0 Å². The first-order valence-electron chi connectivity index (χ1n) is 20.0. The Labute approximate surface area is 277 Å². The van der Waals surface area contributed by atoms with Gasteiger partial charge in [-0.2, -0.15) is 0 Å². The Morgan fingerprint density at radius 3 is 1.71 bits per heavy atom. The molecule has 0 amide bonds. The van der Waals surface area contributed by atoms with Crippen molar-refractivity contribution in [1.82, 2.24) is 0 Å². The normalized spacial score (nSPS) is 15.0. The largest absolute Gasteiger partial charge is 0.456 e. The highest BCUT2D eigenvalue weighted by atomic mass is 16.3. The molecule has 9 aromatic rings. The molecule has 0 spiro atoms. The molecule has 1 nitrogen and oxygen atoms in total. The van der Waals surface area contributed by atoms with E-state index in [0.29, 0.717) is 27.8 Å². The maximum absolute atomic E-state index is 9.85. The average Bonchev–Trinajstić information content (AvgIpc) is 3.63. The highest BCUT2D eigenvalue weighted by molar-refractivity contribution is 6.23. The van der Waals surface area contributed by atoms with Crippen LogP contribution in [-0.2, 0) is 0 Å². The molecule has 0 bridgehead atoms. The fourth-order valence-corrected chi connectivity index (χ4v) is 6.33. The predicted octanol–water partition coefficient (Wildman–Crippen LogP) is 12.6. The van der Waals surface area contributed by atoms with Crippen LogP contribution in [0.5, 0.6) is 0 Å². The standard InChI is InChI=1S/C44H28O/c1-3-14-29(15-4-1)31-18-13-19-32(26-31)43-34-21-7-9-23-36(34)44(37-24-10-8-22-35(37)43)40-28-42-39(33-20-11-12-25-41(33)45-42)27-38(40)30-16-5-2-6-17-30/h1-28H/i1D,3D,4D,11D,12D,14D,15D,20D,25D,27D,28D. The predicted molar refractivity (Wildman–Crippen MR) is 190 cm³/mol. The van der Waals surface area contributed by atoms with Crippen molar-refractivity contribution in [1.29, 1.82) is 0 Å². The second-order valence-corrected chi connectivity index (χ2v) is 10.8. The molecule has 9 rings (SSSR count). The van der Waals surface area contributed by atoms with Gasteiger partial charge in [-0.1, -0.05) is 145 Å². The summed E-state index contributed by atoms with van der Waals surface area (Å²) < 4.78 is 102. The zero-order chi connectivity index (χ0) is 39.3. The first-order valence-corrected chi connectivity index (χ1v) is 14.5. The van der Waals surface area contributed by atoms with Crippen LogP contribution in [-0.4, -0.2) is 0 Å². The van der Waals surface area contributed by atoms with Gasteiger partial charge in [-0.25, -0.2) is 0 Å². The van der Waals surface area contributed by atoms with Gasteiger partial charge < -0.3 is 4.42 Å². The summed E-state index contributed by atoms with van der Waals surface area (Å²) in [5, 5.41) is 3.28. The monoisotopic (exact) mass is 583 g/mol. The zero-order valence-electron chi connectivity index (χ0n) is 34.7. The summed E-state index contributed by atoms with van der Waals surface area (Å²) in [6, 6.07) is 28.3. The number of furan rings is 1. The van der Waals surface area contributed by atoms with Gasteiger partial charge in [-0.05, 0) is 90.2 Å². The molecule has 0 saturated heterocycles. The van der Waals surface area contributed by atoms with Crippen molar-refractivity contribution in [2.75, 3.05) is 0 Å². The van der Waals surface area contributed by atoms with Crippen LogP contribution in [0.4, 0.5) is 0 Å². The third-order valence-electron chi connectivity index (χ3n) is 8.26. The van der Waals surface area contributed by atoms with Crippen molar-refractivity contribution in [3.8, 4) is 44.5 Å². The van der Waals surface area contributed by atoms with Gasteiger partial charge in [0, 0.05) is 10.8 Å². The molecule has 0 saturated carbocycles. The van der Waals surface area contributed by atoms with Crippen molar-refractivity contribution >= 4 is 43.5 Å². The quantitative estimate of drug-likeness (QED) is 0.188. The summed E-state index contributed by atoms with van der Waals surface area (Å²) >= 11 is 0. The lowest BCUT2D eigenvalue weighted by Gasteiger charge is -2.20. The van der Waals surface area contributed by atoms with Gasteiger partial charge in [0.25, 0.3) is 0 Å². The molecule has 0 atom stereocenters. The van der Waals surface area contributed by atoms with E-state index in [-0.39, 0.29) is 63.8 Å². The third kappa shape index (κ3) is 4.17. The summed E-state index contributed by atoms with van der Waals surface area (Å²) in [6.07, 6.45) is 0. The Hall–Kier alpha value is -5.92. The second kappa shape index (κ2) is 10.4. The lowest BCUT2D eigenvalue weighted by molar-refractivity contribution is 0.669. The highest BCUT2D eigenvalue weighted by Gasteiger charge is 2.21. The van der Waals surface area contributed by atoms with E-state index in [1.165, 1.54) is 0 Å². The van der Waals surface area contributed by atoms with E-state index in [9.17, 15) is 2.74 Å². The van der Waals surface area contributed by atoms with E-state index in [1.54, 1.807) is 12.1 Å². The van der Waals surface area contributed by atoms with Crippen LogP contribution in [0.15, 0.2) is 174 Å². The van der Waals surface area contributed by atoms with Crippen LogP contribution in [0.1, 0.15) is 15.1 Å². The molecule has 1 heteroatoms. The van der Waals surface area contributed by atoms with Crippen LogP contribution in [0.25, 0.3) is 88.0 Å². The summed E-state index contributed by atoms with van der Waals surface area (Å²) in [4.78, 5) is 0. The van der Waals surface area contributed by atoms with E-state index in [1.807, 2.05) is 91.0 Å². The molecule has 0 unspecified atom stereocenters. The lowest BCUT2D eigenvalue weighted by Crippen LogP contribution is -1.93. The summed E-state index contributed by atoms with van der Waals surface area (Å²) in [6.45, 7) is 0. The van der Waals surface area contributed by atoms with Crippen LogP contribution >= 0.6 is 0 Å². The maximum atomic E-state index is 9.85. The van der Waals surface area contributed by atoms with Gasteiger partial charge in [0.1, 0.15) is 11.2 Å². The molecule has 0 aliphatic rings. The zero-order valence-corrected chi connectivity index (χ0v) is 23.7. The Bertz CT molecular complexity index is 3070. The summed E-state index contributed by atoms with van der Waals surface area (Å²) in [5.74, 6) is 0.